The van der Waals surface area contributed by atoms with Crippen molar-refractivity contribution in [3.05, 3.63) is 30.1 Å². The van der Waals surface area contributed by atoms with Crippen LogP contribution >= 0.6 is 0 Å². The van der Waals surface area contributed by atoms with Crippen LogP contribution in [0.15, 0.2) is 24.5 Å². The average molecular weight is 163 g/mol. The Morgan fingerprint density at radius 3 is 2.75 bits per heavy atom. The highest BCUT2D eigenvalue weighted by molar-refractivity contribution is 5.15. The summed E-state index contributed by atoms with van der Waals surface area (Å²) in [5, 5.41) is 6.80. The lowest BCUT2D eigenvalue weighted by Crippen LogP contribution is -2.42. The summed E-state index contributed by atoms with van der Waals surface area (Å²) in [6.45, 7) is 3.14. The molecular weight excluding hydrogens is 150 g/mol. The van der Waals surface area contributed by atoms with Crippen molar-refractivity contribution < 1.29 is 0 Å². The van der Waals surface area contributed by atoms with Crippen molar-refractivity contribution in [1.82, 2.24) is 15.6 Å². The predicted molar refractivity (Wildman–Crippen MR) is 47.9 cm³/mol. The van der Waals surface area contributed by atoms with Gasteiger partial charge < -0.3 is 10.6 Å². The summed E-state index contributed by atoms with van der Waals surface area (Å²) in [7, 11) is 0. The third kappa shape index (κ3) is 1.62. The van der Waals surface area contributed by atoms with Gasteiger partial charge in [-0.05, 0) is 17.7 Å². The topological polar surface area (TPSA) is 37.0 Å². The molecule has 1 aromatic heterocycles. The van der Waals surface area contributed by atoms with Crippen LogP contribution in [0.25, 0.3) is 0 Å². The summed E-state index contributed by atoms with van der Waals surface area (Å²) in [5.41, 5.74) is 1.32. The molecule has 2 N–H and O–H groups in total. The fourth-order valence-corrected chi connectivity index (χ4v) is 1.48. The van der Waals surface area contributed by atoms with Gasteiger partial charge >= 0.3 is 0 Å². The number of rotatable bonds is 1. The van der Waals surface area contributed by atoms with Crippen LogP contribution in [0, 0.1) is 0 Å². The fraction of sp³-hybridized carbons (Fsp3) is 0.444. The standard InChI is InChI=1S/C9H13N3/c1-3-10-4-2-8(1)9-7-11-5-6-12-9/h1-4,9,11-12H,5-7H2/t9-/m0/s1. The van der Waals surface area contributed by atoms with Crippen LogP contribution < -0.4 is 10.6 Å². The lowest BCUT2D eigenvalue weighted by atomic mass is 10.1. The minimum Gasteiger partial charge on any atom is -0.314 e. The minimum atomic E-state index is 0.460. The van der Waals surface area contributed by atoms with Crippen molar-refractivity contribution in [2.75, 3.05) is 19.6 Å². The van der Waals surface area contributed by atoms with Crippen molar-refractivity contribution in [2.24, 2.45) is 0 Å². The van der Waals surface area contributed by atoms with E-state index in [1.165, 1.54) is 5.56 Å². The second-order valence-electron chi connectivity index (χ2n) is 2.99. The van der Waals surface area contributed by atoms with Gasteiger partial charge in [0.15, 0.2) is 0 Å². The molecule has 1 aliphatic rings. The highest BCUT2D eigenvalue weighted by Crippen LogP contribution is 2.11. The number of hydrogen-bond donors (Lipinski definition) is 2. The first-order valence-electron chi connectivity index (χ1n) is 4.31. The lowest BCUT2D eigenvalue weighted by molar-refractivity contribution is 0.430. The quantitative estimate of drug-likeness (QED) is 0.626. The van der Waals surface area contributed by atoms with Gasteiger partial charge in [-0.2, -0.15) is 0 Å². The van der Waals surface area contributed by atoms with Crippen LogP contribution in [-0.2, 0) is 0 Å². The number of aromatic nitrogens is 1. The normalized spacial score (nSPS) is 23.8. The minimum absolute atomic E-state index is 0.460. The molecule has 0 unspecified atom stereocenters. The molecule has 0 bridgehead atoms. The second kappa shape index (κ2) is 3.65. The Labute approximate surface area is 72.2 Å². The van der Waals surface area contributed by atoms with Crippen molar-refractivity contribution >= 4 is 0 Å². The van der Waals surface area contributed by atoms with Crippen LogP contribution in [0.1, 0.15) is 11.6 Å². The number of piperazine rings is 1. The van der Waals surface area contributed by atoms with Gasteiger partial charge in [-0.3, -0.25) is 4.98 Å². The molecule has 0 radical (unpaired) electrons. The van der Waals surface area contributed by atoms with E-state index in [-0.39, 0.29) is 0 Å². The molecule has 3 nitrogen and oxygen atoms in total. The van der Waals surface area contributed by atoms with E-state index < -0.39 is 0 Å². The van der Waals surface area contributed by atoms with E-state index in [1.54, 1.807) is 0 Å². The van der Waals surface area contributed by atoms with Crippen LogP contribution in [0.5, 0.6) is 0 Å². The molecule has 1 aliphatic heterocycles. The van der Waals surface area contributed by atoms with E-state index in [2.05, 4.69) is 27.8 Å². The molecule has 0 amide bonds. The molecular formula is C9H13N3. The lowest BCUT2D eigenvalue weighted by Gasteiger charge is -2.24. The molecule has 3 heteroatoms. The smallest absolute Gasteiger partial charge is 0.0448 e. The van der Waals surface area contributed by atoms with Gasteiger partial charge in [0.2, 0.25) is 0 Å². The third-order valence-corrected chi connectivity index (χ3v) is 2.15. The van der Waals surface area contributed by atoms with Gasteiger partial charge in [0, 0.05) is 38.1 Å². The zero-order chi connectivity index (χ0) is 8.23. The van der Waals surface area contributed by atoms with Crippen molar-refractivity contribution in [3.8, 4) is 0 Å². The Bertz CT molecular complexity index is 229. The Balaban J connectivity index is 2.08. The van der Waals surface area contributed by atoms with Crippen LogP contribution in [0.3, 0.4) is 0 Å². The predicted octanol–water partition coefficient (Wildman–Crippen LogP) is 0.315. The molecule has 2 rings (SSSR count). The zero-order valence-electron chi connectivity index (χ0n) is 6.96. The van der Waals surface area contributed by atoms with Crippen molar-refractivity contribution in [3.63, 3.8) is 0 Å². The first-order chi connectivity index (χ1) is 5.97. The largest absolute Gasteiger partial charge is 0.314 e. The Morgan fingerprint density at radius 1 is 1.25 bits per heavy atom. The highest BCUT2D eigenvalue weighted by Gasteiger charge is 2.12. The molecule has 2 heterocycles. The third-order valence-electron chi connectivity index (χ3n) is 2.15. The van der Waals surface area contributed by atoms with Crippen LogP contribution in [-0.4, -0.2) is 24.6 Å². The summed E-state index contributed by atoms with van der Waals surface area (Å²) in [4.78, 5) is 3.99. The first kappa shape index (κ1) is 7.71. The highest BCUT2D eigenvalue weighted by atomic mass is 15.1. The Kier molecular flexibility index (Phi) is 2.34. The molecule has 12 heavy (non-hydrogen) atoms. The zero-order valence-corrected chi connectivity index (χ0v) is 6.96. The molecule has 0 aliphatic carbocycles. The fourth-order valence-electron chi connectivity index (χ4n) is 1.48. The summed E-state index contributed by atoms with van der Waals surface area (Å²) in [6.07, 6.45) is 3.68. The summed E-state index contributed by atoms with van der Waals surface area (Å²) >= 11 is 0. The van der Waals surface area contributed by atoms with E-state index in [0.717, 1.165) is 19.6 Å². The number of nitrogens with zero attached hydrogens (tertiary/aromatic N) is 1. The number of pyridine rings is 1. The summed E-state index contributed by atoms with van der Waals surface area (Å²) < 4.78 is 0. The van der Waals surface area contributed by atoms with Gasteiger partial charge in [0.05, 0.1) is 0 Å². The van der Waals surface area contributed by atoms with E-state index in [4.69, 9.17) is 0 Å². The van der Waals surface area contributed by atoms with Gasteiger partial charge in [-0.25, -0.2) is 0 Å². The van der Waals surface area contributed by atoms with Crippen molar-refractivity contribution in [1.29, 1.82) is 0 Å². The van der Waals surface area contributed by atoms with E-state index in [0.29, 0.717) is 6.04 Å². The van der Waals surface area contributed by atoms with E-state index in [9.17, 15) is 0 Å². The molecule has 1 fully saturated rings. The summed E-state index contributed by atoms with van der Waals surface area (Å²) in [6, 6.07) is 4.58. The second-order valence-corrected chi connectivity index (χ2v) is 2.99. The first-order valence-corrected chi connectivity index (χ1v) is 4.31. The van der Waals surface area contributed by atoms with Crippen LogP contribution in [0.4, 0.5) is 0 Å². The molecule has 1 atom stereocenters. The molecule has 64 valence electrons. The van der Waals surface area contributed by atoms with Gasteiger partial charge in [-0.1, -0.05) is 0 Å². The maximum absolute atomic E-state index is 3.99. The van der Waals surface area contributed by atoms with Crippen LogP contribution in [0.2, 0.25) is 0 Å². The maximum Gasteiger partial charge on any atom is 0.0448 e. The molecule has 0 aromatic carbocycles. The monoisotopic (exact) mass is 163 g/mol. The van der Waals surface area contributed by atoms with Gasteiger partial charge in [0.25, 0.3) is 0 Å². The molecule has 0 spiro atoms. The van der Waals surface area contributed by atoms with Crippen molar-refractivity contribution in [2.45, 2.75) is 6.04 Å². The van der Waals surface area contributed by atoms with E-state index in [1.807, 2.05) is 12.4 Å². The molecule has 0 saturated carbocycles. The van der Waals surface area contributed by atoms with Gasteiger partial charge in [0.1, 0.15) is 0 Å². The molecule has 1 aromatic rings. The molecule has 1 saturated heterocycles. The Morgan fingerprint density at radius 2 is 2.08 bits per heavy atom. The van der Waals surface area contributed by atoms with E-state index >= 15 is 0 Å². The maximum atomic E-state index is 3.99. The summed E-state index contributed by atoms with van der Waals surface area (Å²) in [5.74, 6) is 0. The number of nitrogens with one attached hydrogen (secondary N) is 2. The number of hydrogen-bond acceptors (Lipinski definition) is 3. The van der Waals surface area contributed by atoms with Gasteiger partial charge in [-0.15, -0.1) is 0 Å². The average Bonchev–Trinajstić information content (AvgIpc) is 2.21. The SMILES string of the molecule is c1cc([C@@H]2CNCCN2)ccn1. The Hall–Kier alpha value is -0.930.